The highest BCUT2D eigenvalue weighted by Crippen LogP contribution is 2.22. The number of nitro groups is 1. The van der Waals surface area contributed by atoms with Crippen molar-refractivity contribution in [3.63, 3.8) is 0 Å². The monoisotopic (exact) mass is 415 g/mol. The normalized spacial score (nSPS) is 10.6. The Bertz CT molecular complexity index is 1160. The van der Waals surface area contributed by atoms with E-state index >= 15 is 0 Å². The number of hydrogen-bond acceptors (Lipinski definition) is 4. The number of pyridine rings is 1. The Morgan fingerprint density at radius 3 is 2.66 bits per heavy atom. The first-order valence-corrected chi connectivity index (χ1v) is 8.84. The number of benzene rings is 2. The fraction of sp³-hybridized carbons (Fsp3) is 0.100. The number of amides is 1. The van der Waals surface area contributed by atoms with Gasteiger partial charge in [0, 0.05) is 40.7 Å². The Kier molecular flexibility index (Phi) is 5.74. The molecule has 1 heterocycles. The van der Waals surface area contributed by atoms with Crippen molar-refractivity contribution in [1.29, 1.82) is 0 Å². The maximum Gasteiger partial charge on any atom is 0.269 e. The fourth-order valence-electron chi connectivity index (χ4n) is 2.74. The van der Waals surface area contributed by atoms with Gasteiger partial charge in [-0.05, 0) is 36.8 Å². The van der Waals surface area contributed by atoms with Gasteiger partial charge in [0.1, 0.15) is 5.82 Å². The summed E-state index contributed by atoms with van der Waals surface area (Å²) < 4.78 is 15.2. The topological polar surface area (TPSA) is 94.2 Å². The molecule has 9 heteroatoms. The third-order valence-electron chi connectivity index (χ3n) is 4.30. The highest BCUT2D eigenvalue weighted by Gasteiger charge is 2.14. The molecule has 148 valence electrons. The quantitative estimate of drug-likeness (QED) is 0.500. The number of nitrogens with zero attached hydrogens (tertiary/aromatic N) is 2. The Morgan fingerprint density at radius 1 is 1.24 bits per heavy atom. The van der Waals surface area contributed by atoms with E-state index < -0.39 is 22.2 Å². The first-order chi connectivity index (χ1) is 13.8. The van der Waals surface area contributed by atoms with Gasteiger partial charge in [0.25, 0.3) is 17.2 Å². The lowest BCUT2D eigenvalue weighted by Gasteiger charge is -2.12. The van der Waals surface area contributed by atoms with E-state index in [0.29, 0.717) is 11.3 Å². The number of hydrogen-bond donors (Lipinski definition) is 1. The minimum Gasteiger partial charge on any atom is -0.322 e. The van der Waals surface area contributed by atoms with E-state index in [2.05, 4.69) is 5.32 Å². The van der Waals surface area contributed by atoms with Gasteiger partial charge in [0.2, 0.25) is 0 Å². The van der Waals surface area contributed by atoms with Gasteiger partial charge in [0.05, 0.1) is 17.0 Å². The molecule has 0 atom stereocenters. The molecular formula is C20H15ClFN3O4. The minimum atomic E-state index is -0.555. The molecule has 0 radical (unpaired) electrons. The van der Waals surface area contributed by atoms with Gasteiger partial charge in [-0.25, -0.2) is 4.39 Å². The van der Waals surface area contributed by atoms with Gasteiger partial charge in [0.15, 0.2) is 0 Å². The third kappa shape index (κ3) is 4.49. The largest absolute Gasteiger partial charge is 0.322 e. The molecule has 0 aliphatic rings. The SMILES string of the molecule is Cc1cc([N+](=O)[O-])ccc1NC(=O)c1ccc(=O)n(Cc2c(F)cccc2Cl)c1. The molecule has 1 aromatic heterocycles. The van der Waals surface area contributed by atoms with Crippen LogP contribution in [0.1, 0.15) is 21.5 Å². The standard InChI is InChI=1S/C20H15ClFN3O4/c1-12-9-14(25(28)29)6-7-18(12)23-20(27)13-5-8-19(26)24(10-13)11-15-16(21)3-2-4-17(15)22/h2-10H,11H2,1H3,(H,23,27). The van der Waals surface area contributed by atoms with Gasteiger partial charge in [-0.1, -0.05) is 17.7 Å². The zero-order chi connectivity index (χ0) is 21.1. The van der Waals surface area contributed by atoms with Crippen LogP contribution in [-0.2, 0) is 6.54 Å². The molecule has 0 unspecified atom stereocenters. The molecule has 0 bridgehead atoms. The van der Waals surface area contributed by atoms with Crippen LogP contribution in [0.3, 0.4) is 0 Å². The number of non-ortho nitro benzene ring substituents is 1. The predicted octanol–water partition coefficient (Wildman–Crippen LogP) is 4.16. The summed E-state index contributed by atoms with van der Waals surface area (Å²) in [5.74, 6) is -1.07. The zero-order valence-corrected chi connectivity index (χ0v) is 15.9. The Balaban J connectivity index is 1.87. The van der Waals surface area contributed by atoms with Crippen LogP contribution in [0.2, 0.25) is 5.02 Å². The molecule has 1 N–H and O–H groups in total. The van der Waals surface area contributed by atoms with Gasteiger partial charge >= 0.3 is 0 Å². The van der Waals surface area contributed by atoms with Crippen molar-refractivity contribution < 1.29 is 14.1 Å². The van der Waals surface area contributed by atoms with Crippen molar-refractivity contribution in [2.75, 3.05) is 5.32 Å². The molecule has 29 heavy (non-hydrogen) atoms. The van der Waals surface area contributed by atoms with Crippen molar-refractivity contribution in [3.8, 4) is 0 Å². The highest BCUT2D eigenvalue weighted by molar-refractivity contribution is 6.31. The molecule has 3 aromatic rings. The summed E-state index contributed by atoms with van der Waals surface area (Å²) in [7, 11) is 0. The van der Waals surface area contributed by atoms with Crippen LogP contribution < -0.4 is 10.9 Å². The Labute approximate surface area is 169 Å². The molecule has 2 aromatic carbocycles. The summed E-state index contributed by atoms with van der Waals surface area (Å²) in [6.45, 7) is 1.49. The van der Waals surface area contributed by atoms with E-state index in [9.17, 15) is 24.1 Å². The lowest BCUT2D eigenvalue weighted by molar-refractivity contribution is -0.384. The maximum atomic E-state index is 14.0. The van der Waals surface area contributed by atoms with Crippen molar-refractivity contribution >= 4 is 28.9 Å². The average Bonchev–Trinajstić information content (AvgIpc) is 2.67. The summed E-state index contributed by atoms with van der Waals surface area (Å²) >= 11 is 6.01. The van der Waals surface area contributed by atoms with Crippen molar-refractivity contribution in [2.24, 2.45) is 0 Å². The van der Waals surface area contributed by atoms with Crippen LogP contribution in [0.5, 0.6) is 0 Å². The van der Waals surface area contributed by atoms with E-state index in [1.807, 2.05) is 0 Å². The second-order valence-electron chi connectivity index (χ2n) is 6.29. The molecule has 0 saturated carbocycles. The second kappa shape index (κ2) is 8.24. The van der Waals surface area contributed by atoms with Crippen LogP contribution in [0.15, 0.2) is 59.5 Å². The van der Waals surface area contributed by atoms with Crippen LogP contribution in [0, 0.1) is 22.9 Å². The second-order valence-corrected chi connectivity index (χ2v) is 6.70. The van der Waals surface area contributed by atoms with E-state index in [0.717, 1.165) is 0 Å². The first-order valence-electron chi connectivity index (χ1n) is 8.46. The maximum absolute atomic E-state index is 14.0. The third-order valence-corrected chi connectivity index (χ3v) is 4.66. The molecular weight excluding hydrogens is 401 g/mol. The molecule has 0 aliphatic heterocycles. The number of aryl methyl sites for hydroxylation is 1. The molecule has 7 nitrogen and oxygen atoms in total. The number of anilines is 1. The number of aromatic nitrogens is 1. The smallest absolute Gasteiger partial charge is 0.269 e. The van der Waals surface area contributed by atoms with Crippen LogP contribution in [0.25, 0.3) is 0 Å². The Morgan fingerprint density at radius 2 is 2.00 bits per heavy atom. The number of nitro benzene ring substituents is 1. The summed E-state index contributed by atoms with van der Waals surface area (Å²) in [5.41, 5.74) is 0.701. The minimum absolute atomic E-state index is 0.0872. The number of nitrogens with one attached hydrogen (secondary N) is 1. The summed E-state index contributed by atoms with van der Waals surface area (Å²) in [5, 5.41) is 13.6. The van der Waals surface area contributed by atoms with E-state index in [1.165, 1.54) is 59.3 Å². The molecule has 0 saturated heterocycles. The molecule has 3 rings (SSSR count). The zero-order valence-electron chi connectivity index (χ0n) is 15.2. The number of carbonyl (C=O) groups is 1. The number of carbonyl (C=O) groups excluding carboxylic acids is 1. The van der Waals surface area contributed by atoms with Crippen molar-refractivity contribution in [1.82, 2.24) is 4.57 Å². The van der Waals surface area contributed by atoms with Crippen LogP contribution >= 0.6 is 11.6 Å². The van der Waals surface area contributed by atoms with Crippen LogP contribution in [0.4, 0.5) is 15.8 Å². The van der Waals surface area contributed by atoms with Gasteiger partial charge in [-0.15, -0.1) is 0 Å². The summed E-state index contributed by atoms with van der Waals surface area (Å²) in [6.07, 6.45) is 1.31. The van der Waals surface area contributed by atoms with Crippen molar-refractivity contribution in [3.05, 3.63) is 103 Å². The van der Waals surface area contributed by atoms with Gasteiger partial charge in [-0.2, -0.15) is 0 Å². The summed E-state index contributed by atoms with van der Waals surface area (Å²) in [4.78, 5) is 35.0. The van der Waals surface area contributed by atoms with Gasteiger partial charge in [-0.3, -0.25) is 19.7 Å². The van der Waals surface area contributed by atoms with E-state index in [4.69, 9.17) is 11.6 Å². The molecule has 1 amide bonds. The lowest BCUT2D eigenvalue weighted by atomic mass is 10.1. The predicted molar refractivity (Wildman–Crippen MR) is 107 cm³/mol. The Hall–Kier alpha value is -3.52. The number of halogens is 2. The lowest BCUT2D eigenvalue weighted by Crippen LogP contribution is -2.23. The molecule has 0 fully saturated rings. The van der Waals surface area contributed by atoms with E-state index in [1.54, 1.807) is 6.92 Å². The highest BCUT2D eigenvalue weighted by atomic mass is 35.5. The first kappa shape index (κ1) is 20.2. The van der Waals surface area contributed by atoms with Crippen LogP contribution in [-0.4, -0.2) is 15.4 Å². The summed E-state index contributed by atoms with van der Waals surface area (Å²) in [6, 6.07) is 10.8. The van der Waals surface area contributed by atoms with Crippen molar-refractivity contribution in [2.45, 2.75) is 13.5 Å². The number of rotatable bonds is 5. The molecule has 0 aliphatic carbocycles. The van der Waals surface area contributed by atoms with E-state index in [-0.39, 0.29) is 28.4 Å². The molecule has 0 spiro atoms. The fourth-order valence-corrected chi connectivity index (χ4v) is 2.96. The van der Waals surface area contributed by atoms with Gasteiger partial charge < -0.3 is 9.88 Å². The average molecular weight is 416 g/mol.